The molecule has 1 saturated carbocycles. The lowest BCUT2D eigenvalue weighted by molar-refractivity contribution is -0.115. The molecule has 26 heavy (non-hydrogen) atoms. The van der Waals surface area contributed by atoms with Crippen molar-refractivity contribution in [2.24, 2.45) is 5.73 Å². The highest BCUT2D eigenvalue weighted by Gasteiger charge is 2.23. The maximum absolute atomic E-state index is 12.3. The van der Waals surface area contributed by atoms with Gasteiger partial charge in [0.1, 0.15) is 0 Å². The van der Waals surface area contributed by atoms with Crippen molar-refractivity contribution in [3.63, 3.8) is 0 Å². The Bertz CT molecular complexity index is 769. The Kier molecular flexibility index (Phi) is 5.92. The van der Waals surface area contributed by atoms with Crippen LogP contribution in [0.4, 0.5) is 5.69 Å². The molecule has 8 heteroatoms. The summed E-state index contributed by atoms with van der Waals surface area (Å²) in [7, 11) is 0. The van der Waals surface area contributed by atoms with Gasteiger partial charge in [0.05, 0.1) is 5.25 Å². The first-order valence-electron chi connectivity index (χ1n) is 8.73. The van der Waals surface area contributed by atoms with Gasteiger partial charge >= 0.3 is 0 Å². The summed E-state index contributed by atoms with van der Waals surface area (Å²) in [5.41, 5.74) is 6.20. The lowest BCUT2D eigenvalue weighted by atomic mass is 9.89. The third-order valence-corrected chi connectivity index (χ3v) is 5.39. The van der Waals surface area contributed by atoms with E-state index in [-0.39, 0.29) is 5.91 Å². The number of nitrogens with zero attached hydrogens (tertiary/aromatic N) is 2. The molecular weight excluding hydrogens is 352 g/mol. The number of aromatic nitrogens is 2. The molecule has 3 rings (SSSR count). The van der Waals surface area contributed by atoms with Gasteiger partial charge in [-0.05, 0) is 44.0 Å². The van der Waals surface area contributed by atoms with Crippen molar-refractivity contribution in [3.05, 3.63) is 35.7 Å². The van der Waals surface area contributed by atoms with Crippen LogP contribution in [0.5, 0.6) is 0 Å². The molecule has 1 atom stereocenters. The number of anilines is 1. The number of hydrogen-bond acceptors (Lipinski definition) is 6. The van der Waals surface area contributed by atoms with Crippen LogP contribution in [-0.2, 0) is 4.79 Å². The molecule has 1 aliphatic carbocycles. The highest BCUT2D eigenvalue weighted by atomic mass is 32.2. The fourth-order valence-corrected chi connectivity index (χ4v) is 3.64. The Morgan fingerprint density at radius 1 is 1.19 bits per heavy atom. The Hall–Kier alpha value is -2.35. The maximum atomic E-state index is 12.3. The van der Waals surface area contributed by atoms with Crippen molar-refractivity contribution < 1.29 is 14.0 Å². The second kappa shape index (κ2) is 8.35. The van der Waals surface area contributed by atoms with E-state index in [9.17, 15) is 9.59 Å². The number of carbonyl (C=O) groups is 2. The molecule has 1 aliphatic rings. The summed E-state index contributed by atoms with van der Waals surface area (Å²) < 4.78 is 5.75. The molecule has 7 nitrogen and oxygen atoms in total. The van der Waals surface area contributed by atoms with Gasteiger partial charge in [-0.3, -0.25) is 9.59 Å². The van der Waals surface area contributed by atoms with Gasteiger partial charge in [0.15, 0.2) is 0 Å². The van der Waals surface area contributed by atoms with Crippen LogP contribution >= 0.6 is 11.8 Å². The fraction of sp³-hybridized carbons (Fsp3) is 0.444. The van der Waals surface area contributed by atoms with Crippen molar-refractivity contribution in [3.8, 4) is 0 Å². The number of hydrogen-bond donors (Lipinski definition) is 2. The topological polar surface area (TPSA) is 111 Å². The summed E-state index contributed by atoms with van der Waals surface area (Å²) in [5, 5.41) is 11.0. The van der Waals surface area contributed by atoms with Crippen molar-refractivity contribution in [1.82, 2.24) is 10.2 Å². The lowest BCUT2D eigenvalue weighted by Crippen LogP contribution is -2.22. The zero-order valence-corrected chi connectivity index (χ0v) is 15.4. The van der Waals surface area contributed by atoms with E-state index in [2.05, 4.69) is 15.5 Å². The Labute approximate surface area is 156 Å². The van der Waals surface area contributed by atoms with Crippen LogP contribution < -0.4 is 11.1 Å². The number of primary amides is 1. The minimum absolute atomic E-state index is 0.181. The molecule has 138 valence electrons. The number of nitrogens with two attached hydrogens (primary N) is 1. The van der Waals surface area contributed by atoms with E-state index in [1.807, 2.05) is 0 Å². The monoisotopic (exact) mass is 374 g/mol. The largest absolute Gasteiger partial charge is 0.416 e. The smallest absolute Gasteiger partial charge is 0.277 e. The lowest BCUT2D eigenvalue weighted by Gasteiger charge is -2.17. The molecular formula is C18H22N4O3S. The van der Waals surface area contributed by atoms with Crippen LogP contribution in [0.25, 0.3) is 0 Å². The Morgan fingerprint density at radius 3 is 2.54 bits per heavy atom. The summed E-state index contributed by atoms with van der Waals surface area (Å²) in [4.78, 5) is 23.4. The Balaban J connectivity index is 1.55. The van der Waals surface area contributed by atoms with Crippen molar-refractivity contribution in [2.45, 2.75) is 55.4 Å². The molecule has 1 heterocycles. The van der Waals surface area contributed by atoms with Crippen LogP contribution in [0.3, 0.4) is 0 Å². The molecule has 0 unspecified atom stereocenters. The van der Waals surface area contributed by atoms with Gasteiger partial charge in [0.25, 0.3) is 5.22 Å². The fourth-order valence-electron chi connectivity index (χ4n) is 2.95. The summed E-state index contributed by atoms with van der Waals surface area (Å²) in [6.07, 6.45) is 5.84. The highest BCUT2D eigenvalue weighted by Crippen LogP contribution is 2.33. The molecule has 0 saturated heterocycles. The SMILES string of the molecule is C[C@@H](Sc1nnc(C2CCCCC2)o1)C(=O)Nc1ccc(C(N)=O)cc1. The molecule has 1 aromatic carbocycles. The third kappa shape index (κ3) is 4.63. The van der Waals surface area contributed by atoms with Gasteiger partial charge in [0, 0.05) is 17.2 Å². The number of thioether (sulfide) groups is 1. The van der Waals surface area contributed by atoms with E-state index >= 15 is 0 Å². The normalized spacial score (nSPS) is 16.2. The first-order valence-corrected chi connectivity index (χ1v) is 9.61. The van der Waals surface area contributed by atoms with Crippen LogP contribution in [0.1, 0.15) is 61.2 Å². The quantitative estimate of drug-likeness (QED) is 0.750. The predicted molar refractivity (Wildman–Crippen MR) is 99.0 cm³/mol. The van der Waals surface area contributed by atoms with E-state index in [1.165, 1.54) is 31.0 Å². The molecule has 0 bridgehead atoms. The standard InChI is InChI=1S/C18H22N4O3S/c1-11(16(24)20-14-9-7-12(8-10-14)15(19)23)26-18-22-21-17(25-18)13-5-3-2-4-6-13/h7-11,13H,2-6H2,1H3,(H2,19,23)(H,20,24)/t11-/m1/s1. The van der Waals surface area contributed by atoms with Gasteiger partial charge in [-0.15, -0.1) is 10.2 Å². The average molecular weight is 374 g/mol. The second-order valence-corrected chi connectivity index (χ2v) is 7.72. The summed E-state index contributed by atoms with van der Waals surface area (Å²) in [5.74, 6) is 0.344. The minimum atomic E-state index is -0.503. The van der Waals surface area contributed by atoms with Crippen LogP contribution in [-0.4, -0.2) is 27.3 Å². The number of nitrogens with one attached hydrogen (secondary N) is 1. The zero-order valence-electron chi connectivity index (χ0n) is 14.6. The van der Waals surface area contributed by atoms with E-state index in [4.69, 9.17) is 10.2 Å². The van der Waals surface area contributed by atoms with Gasteiger partial charge in [-0.2, -0.15) is 0 Å². The first-order chi connectivity index (χ1) is 12.5. The molecule has 1 aromatic heterocycles. The third-order valence-electron chi connectivity index (χ3n) is 4.46. The summed E-state index contributed by atoms with van der Waals surface area (Å²) in [6.45, 7) is 1.78. The van der Waals surface area contributed by atoms with Crippen molar-refractivity contribution >= 4 is 29.3 Å². The van der Waals surface area contributed by atoms with Crippen LogP contribution in [0, 0.1) is 0 Å². The summed E-state index contributed by atoms with van der Waals surface area (Å²) >= 11 is 1.24. The van der Waals surface area contributed by atoms with E-state index in [1.54, 1.807) is 31.2 Å². The van der Waals surface area contributed by atoms with Gasteiger partial charge < -0.3 is 15.5 Å². The van der Waals surface area contributed by atoms with Gasteiger partial charge in [-0.1, -0.05) is 31.0 Å². The highest BCUT2D eigenvalue weighted by molar-refractivity contribution is 8.00. The average Bonchev–Trinajstić information content (AvgIpc) is 3.11. The molecule has 3 N–H and O–H groups in total. The molecule has 2 aromatic rings. The van der Waals surface area contributed by atoms with Gasteiger partial charge in [0.2, 0.25) is 17.7 Å². The molecule has 0 radical (unpaired) electrons. The molecule has 2 amide bonds. The summed E-state index contributed by atoms with van der Waals surface area (Å²) in [6, 6.07) is 6.43. The first kappa shape index (κ1) is 18.4. The minimum Gasteiger partial charge on any atom is -0.416 e. The number of benzene rings is 1. The van der Waals surface area contributed by atoms with E-state index < -0.39 is 11.2 Å². The molecule has 0 aliphatic heterocycles. The maximum Gasteiger partial charge on any atom is 0.277 e. The molecule has 1 fully saturated rings. The number of amides is 2. The molecule has 0 spiro atoms. The van der Waals surface area contributed by atoms with Gasteiger partial charge in [-0.25, -0.2) is 0 Å². The predicted octanol–water partition coefficient (Wildman–Crippen LogP) is 3.34. The van der Waals surface area contributed by atoms with Crippen LogP contribution in [0.2, 0.25) is 0 Å². The van der Waals surface area contributed by atoms with Crippen LogP contribution in [0.15, 0.2) is 33.9 Å². The second-order valence-electron chi connectivity index (χ2n) is 6.43. The number of carbonyl (C=O) groups excluding carboxylic acids is 2. The number of rotatable bonds is 6. The van der Waals surface area contributed by atoms with E-state index in [0.717, 1.165) is 12.8 Å². The van der Waals surface area contributed by atoms with E-state index in [0.29, 0.717) is 28.3 Å². The van der Waals surface area contributed by atoms with Crippen molar-refractivity contribution in [1.29, 1.82) is 0 Å². The zero-order chi connectivity index (χ0) is 18.5. The van der Waals surface area contributed by atoms with Crippen molar-refractivity contribution in [2.75, 3.05) is 5.32 Å². The Morgan fingerprint density at radius 2 is 1.88 bits per heavy atom.